The van der Waals surface area contributed by atoms with E-state index >= 15 is 0 Å². The summed E-state index contributed by atoms with van der Waals surface area (Å²) in [6, 6.07) is -1.05. The molecule has 0 saturated heterocycles. The summed E-state index contributed by atoms with van der Waals surface area (Å²) in [5.41, 5.74) is 6.26. The summed E-state index contributed by atoms with van der Waals surface area (Å²) in [5.74, 6) is -1.61. The molecule has 0 amide bonds. The standard InChI is InChI=1S/C24H46N3O11P/c1-6-11-14-33-23(30)35-16-18-37-39(32,38-19-17-36-24(31)34-15-12-7-2)26-22(25)27(9-4,10-5)20(13-8-3)21(28)29/h20H,6-19H2,1-5H3,(H2-,25,26,28,29,32). The van der Waals surface area contributed by atoms with Crippen molar-refractivity contribution in [1.29, 1.82) is 0 Å². The first kappa shape index (κ1) is 36.6. The largest absolute Gasteiger partial charge is 0.544 e. The van der Waals surface area contributed by atoms with Gasteiger partial charge in [-0.05, 0) is 26.7 Å². The van der Waals surface area contributed by atoms with Crippen molar-refractivity contribution >= 4 is 32.0 Å². The fourth-order valence-electron chi connectivity index (χ4n) is 3.54. The van der Waals surface area contributed by atoms with Crippen molar-refractivity contribution in [3.8, 4) is 0 Å². The summed E-state index contributed by atoms with van der Waals surface area (Å²) in [7, 11) is -4.39. The van der Waals surface area contributed by atoms with Crippen molar-refractivity contribution in [2.45, 2.75) is 79.2 Å². The van der Waals surface area contributed by atoms with E-state index in [1.165, 1.54) is 0 Å². The van der Waals surface area contributed by atoms with Crippen LogP contribution < -0.4 is 10.8 Å². The third-order valence-corrected chi connectivity index (χ3v) is 7.26. The molecule has 0 bridgehead atoms. The number of carbonyl (C=O) groups excluding carboxylic acids is 3. The maximum Gasteiger partial charge on any atom is 0.508 e. The van der Waals surface area contributed by atoms with E-state index in [4.69, 9.17) is 33.7 Å². The Morgan fingerprint density at radius 1 is 0.769 bits per heavy atom. The molecule has 39 heavy (non-hydrogen) atoms. The van der Waals surface area contributed by atoms with Gasteiger partial charge < -0.3 is 34.6 Å². The number of unbranched alkanes of at least 4 members (excludes halogenated alkanes) is 2. The molecule has 0 aromatic carbocycles. The summed E-state index contributed by atoms with van der Waals surface area (Å²) >= 11 is 0. The molecule has 0 radical (unpaired) electrons. The molecule has 0 aliphatic heterocycles. The Bertz CT molecular complexity index is 772. The van der Waals surface area contributed by atoms with E-state index in [0.29, 0.717) is 19.3 Å². The van der Waals surface area contributed by atoms with Crippen LogP contribution in [-0.2, 0) is 37.4 Å². The summed E-state index contributed by atoms with van der Waals surface area (Å²) in [5, 5.41) is 12.0. The Morgan fingerprint density at radius 2 is 1.21 bits per heavy atom. The van der Waals surface area contributed by atoms with Gasteiger partial charge in [0.25, 0.3) is 0 Å². The number of carboxylic acids is 1. The van der Waals surface area contributed by atoms with Crippen LogP contribution in [0.3, 0.4) is 0 Å². The van der Waals surface area contributed by atoms with Gasteiger partial charge in [-0.2, -0.15) is 0 Å². The number of aliphatic carboxylic acids is 1. The van der Waals surface area contributed by atoms with Crippen LogP contribution in [0.25, 0.3) is 0 Å². The number of rotatable bonds is 21. The predicted molar refractivity (Wildman–Crippen MR) is 141 cm³/mol. The number of nitrogens with zero attached hydrogens (tertiary/aromatic N) is 2. The molecule has 0 spiro atoms. The van der Waals surface area contributed by atoms with Crippen LogP contribution in [0.1, 0.15) is 73.1 Å². The Hall–Kier alpha value is -2.41. The zero-order valence-corrected chi connectivity index (χ0v) is 24.8. The van der Waals surface area contributed by atoms with E-state index in [1.54, 1.807) is 13.8 Å². The minimum atomic E-state index is -4.39. The number of nitrogens with two attached hydrogens (primary N) is 1. The van der Waals surface area contributed by atoms with E-state index in [-0.39, 0.29) is 56.4 Å². The van der Waals surface area contributed by atoms with Crippen molar-refractivity contribution in [2.75, 3.05) is 52.7 Å². The number of hydrogen-bond acceptors (Lipinski definition) is 11. The maximum absolute atomic E-state index is 13.5. The van der Waals surface area contributed by atoms with Crippen LogP contribution in [0.2, 0.25) is 0 Å². The van der Waals surface area contributed by atoms with Gasteiger partial charge in [-0.15, -0.1) is 4.76 Å². The van der Waals surface area contributed by atoms with Crippen LogP contribution in [0.15, 0.2) is 4.76 Å². The van der Waals surface area contributed by atoms with E-state index in [9.17, 15) is 24.1 Å². The molecule has 2 N–H and O–H groups in total. The molecule has 0 fully saturated rings. The summed E-state index contributed by atoms with van der Waals surface area (Å²) in [4.78, 5) is 35.2. The Kier molecular flexibility index (Phi) is 19.2. The molecular weight excluding hydrogens is 537 g/mol. The molecule has 0 aliphatic rings. The zero-order valence-electron chi connectivity index (χ0n) is 23.9. The van der Waals surface area contributed by atoms with Crippen LogP contribution in [0.5, 0.6) is 0 Å². The number of quaternary nitrogens is 1. The van der Waals surface area contributed by atoms with Gasteiger partial charge in [-0.25, -0.2) is 14.2 Å². The number of carboxylic acid groups (broad SMARTS) is 1. The highest BCUT2D eigenvalue weighted by Gasteiger charge is 2.41. The quantitative estimate of drug-likeness (QED) is 0.0520. The highest BCUT2D eigenvalue weighted by Crippen LogP contribution is 2.50. The van der Waals surface area contributed by atoms with Gasteiger partial charge in [-0.3, -0.25) is 13.5 Å². The fraction of sp³-hybridized carbons (Fsp3) is 0.833. The smallest absolute Gasteiger partial charge is 0.508 e. The van der Waals surface area contributed by atoms with Crippen molar-refractivity contribution in [3.05, 3.63) is 0 Å². The second-order valence-corrected chi connectivity index (χ2v) is 10.1. The van der Waals surface area contributed by atoms with Gasteiger partial charge in [0.15, 0.2) is 0 Å². The first-order chi connectivity index (χ1) is 18.6. The molecule has 228 valence electrons. The summed E-state index contributed by atoms with van der Waals surface area (Å²) in [6.07, 6.45) is 1.98. The van der Waals surface area contributed by atoms with Gasteiger partial charge in [0.05, 0.1) is 45.5 Å². The van der Waals surface area contributed by atoms with Crippen LogP contribution in [-0.4, -0.2) is 87.5 Å². The van der Waals surface area contributed by atoms with Crippen LogP contribution in [0, 0.1) is 0 Å². The lowest BCUT2D eigenvalue weighted by atomic mass is 10.1. The maximum atomic E-state index is 13.5. The first-order valence-corrected chi connectivity index (χ1v) is 15.0. The molecule has 1 atom stereocenters. The van der Waals surface area contributed by atoms with Crippen molar-refractivity contribution in [1.82, 2.24) is 0 Å². The average Bonchev–Trinajstić information content (AvgIpc) is 2.90. The summed E-state index contributed by atoms with van der Waals surface area (Å²) < 4.78 is 47.4. The van der Waals surface area contributed by atoms with E-state index in [2.05, 4.69) is 4.76 Å². The van der Waals surface area contributed by atoms with Gasteiger partial charge in [0.2, 0.25) is 0 Å². The van der Waals surface area contributed by atoms with Crippen molar-refractivity contribution in [2.24, 2.45) is 10.5 Å². The van der Waals surface area contributed by atoms with Crippen molar-refractivity contribution in [3.63, 3.8) is 0 Å². The third kappa shape index (κ3) is 14.0. The van der Waals surface area contributed by atoms with Crippen LogP contribution in [0.4, 0.5) is 9.59 Å². The van der Waals surface area contributed by atoms with Crippen molar-refractivity contribution < 1.29 is 56.5 Å². The SMILES string of the molecule is CCCCOC(=O)OCCOP(=O)(N=C(N)[N+](CC)(CC)C(CCC)C(=O)[O-])OCCOC(=O)OCCCC. The van der Waals surface area contributed by atoms with Crippen LogP contribution >= 0.6 is 7.75 Å². The highest BCUT2D eigenvalue weighted by molar-refractivity contribution is 7.52. The summed E-state index contributed by atoms with van der Waals surface area (Å²) in [6.45, 7) is 8.52. The van der Waals surface area contributed by atoms with Gasteiger partial charge in [0.1, 0.15) is 19.3 Å². The molecule has 14 nitrogen and oxygen atoms in total. The normalized spacial score (nSPS) is 13.0. The molecule has 0 aromatic rings. The first-order valence-electron chi connectivity index (χ1n) is 13.5. The minimum Gasteiger partial charge on any atom is -0.544 e. The Balaban J connectivity index is 5.61. The zero-order chi connectivity index (χ0) is 29.7. The monoisotopic (exact) mass is 583 g/mol. The second-order valence-electron chi connectivity index (χ2n) is 8.48. The molecule has 0 aliphatic carbocycles. The number of ether oxygens (including phenoxy) is 4. The van der Waals surface area contributed by atoms with Gasteiger partial charge in [0, 0.05) is 6.42 Å². The molecule has 0 heterocycles. The Labute approximate surface area is 231 Å². The molecule has 0 aromatic heterocycles. The molecule has 0 saturated carbocycles. The predicted octanol–water partition coefficient (Wildman–Crippen LogP) is 3.12. The second kappa shape index (κ2) is 20.5. The average molecular weight is 584 g/mol. The van der Waals surface area contributed by atoms with Gasteiger partial charge in [-0.1, -0.05) is 40.0 Å². The molecule has 1 unspecified atom stereocenters. The molecule has 0 rings (SSSR count). The third-order valence-electron chi connectivity index (χ3n) is 5.79. The van der Waals surface area contributed by atoms with E-state index in [0.717, 1.165) is 12.8 Å². The number of carbonyl (C=O) groups is 3. The molecular formula is C24H46N3O11P. The minimum absolute atomic E-state index is 0.199. The topological polar surface area (TPSA) is 185 Å². The van der Waals surface area contributed by atoms with E-state index in [1.807, 2.05) is 20.8 Å². The lowest BCUT2D eigenvalue weighted by Crippen LogP contribution is -2.66. The number of hydrogen-bond donors (Lipinski definition) is 1. The highest BCUT2D eigenvalue weighted by atomic mass is 31.2. The fourth-order valence-corrected chi connectivity index (χ4v) is 4.77. The Morgan fingerprint density at radius 3 is 1.56 bits per heavy atom. The van der Waals surface area contributed by atoms with Gasteiger partial charge >= 0.3 is 26.0 Å². The number of guanidine groups is 1. The molecule has 15 heteroatoms. The lowest BCUT2D eigenvalue weighted by molar-refractivity contribution is -0.859. The van der Waals surface area contributed by atoms with E-state index < -0.39 is 45.3 Å². The number of likely N-dealkylation sites (N-methyl/N-ethyl adjacent to an activating group) is 1. The lowest BCUT2D eigenvalue weighted by Gasteiger charge is -2.42.